The van der Waals surface area contributed by atoms with Crippen molar-refractivity contribution in [3.63, 3.8) is 0 Å². The van der Waals surface area contributed by atoms with Crippen molar-refractivity contribution in [3.8, 4) is 0 Å². The third kappa shape index (κ3) is 3.45. The molecule has 1 N–H and O–H groups in total. The first-order valence-electron chi connectivity index (χ1n) is 6.90. The summed E-state index contributed by atoms with van der Waals surface area (Å²) in [7, 11) is 0. The molecular formula is C16H20N2OS. The normalized spacial score (nSPS) is 13.8. The Kier molecular flexibility index (Phi) is 4.90. The SMILES string of the molecule is CC[C@@H](C)[C@@H](C(=O)Nc1ncc(C)s1)c1ccccc1. The van der Waals surface area contributed by atoms with E-state index in [0.29, 0.717) is 11.0 Å². The summed E-state index contributed by atoms with van der Waals surface area (Å²) in [5, 5.41) is 3.62. The molecule has 1 aromatic heterocycles. The number of hydrogen-bond acceptors (Lipinski definition) is 3. The first-order chi connectivity index (χ1) is 9.61. The predicted molar refractivity (Wildman–Crippen MR) is 84.1 cm³/mol. The smallest absolute Gasteiger partial charge is 0.233 e. The fourth-order valence-corrected chi connectivity index (χ4v) is 2.90. The minimum atomic E-state index is -0.134. The number of carbonyl (C=O) groups excluding carboxylic acids is 1. The lowest BCUT2D eigenvalue weighted by Gasteiger charge is -2.22. The molecule has 2 aromatic rings. The Hall–Kier alpha value is -1.68. The van der Waals surface area contributed by atoms with Gasteiger partial charge in [0.05, 0.1) is 5.92 Å². The first kappa shape index (κ1) is 14.7. The Morgan fingerprint density at radius 2 is 2.05 bits per heavy atom. The average molecular weight is 288 g/mol. The third-order valence-corrected chi connectivity index (χ3v) is 4.33. The van der Waals surface area contributed by atoms with Crippen molar-refractivity contribution in [2.75, 3.05) is 5.32 Å². The van der Waals surface area contributed by atoms with Crippen LogP contribution in [0.2, 0.25) is 0 Å². The summed E-state index contributed by atoms with van der Waals surface area (Å²) in [6.45, 7) is 6.21. The molecule has 106 valence electrons. The predicted octanol–water partition coefficient (Wildman–Crippen LogP) is 4.22. The van der Waals surface area contributed by atoms with Crippen LogP contribution >= 0.6 is 11.3 Å². The maximum atomic E-state index is 12.6. The van der Waals surface area contributed by atoms with Crippen LogP contribution in [0.3, 0.4) is 0 Å². The average Bonchev–Trinajstić information content (AvgIpc) is 2.85. The lowest BCUT2D eigenvalue weighted by molar-refractivity contribution is -0.118. The lowest BCUT2D eigenvalue weighted by atomic mass is 9.85. The zero-order chi connectivity index (χ0) is 14.5. The number of nitrogens with one attached hydrogen (secondary N) is 1. The molecule has 0 fully saturated rings. The summed E-state index contributed by atoms with van der Waals surface area (Å²) in [5.74, 6) is 0.184. The van der Waals surface area contributed by atoms with Crippen LogP contribution in [0.15, 0.2) is 36.5 Å². The number of amides is 1. The quantitative estimate of drug-likeness (QED) is 0.895. The molecule has 1 aromatic carbocycles. The van der Waals surface area contributed by atoms with Crippen molar-refractivity contribution in [3.05, 3.63) is 47.0 Å². The van der Waals surface area contributed by atoms with Crippen LogP contribution in [0.1, 0.15) is 36.6 Å². The van der Waals surface area contributed by atoms with Gasteiger partial charge in [-0.05, 0) is 18.4 Å². The van der Waals surface area contributed by atoms with Crippen LogP contribution < -0.4 is 5.32 Å². The van der Waals surface area contributed by atoms with Gasteiger partial charge in [0.2, 0.25) is 5.91 Å². The molecule has 0 saturated carbocycles. The van der Waals surface area contributed by atoms with Crippen LogP contribution in [0.25, 0.3) is 0 Å². The molecule has 2 atom stereocenters. The van der Waals surface area contributed by atoms with Crippen LogP contribution in [0.4, 0.5) is 5.13 Å². The molecule has 0 saturated heterocycles. The van der Waals surface area contributed by atoms with Gasteiger partial charge in [-0.1, -0.05) is 50.6 Å². The van der Waals surface area contributed by atoms with Crippen molar-refractivity contribution in [2.45, 2.75) is 33.1 Å². The van der Waals surface area contributed by atoms with Gasteiger partial charge >= 0.3 is 0 Å². The Morgan fingerprint density at radius 3 is 2.60 bits per heavy atom. The minimum absolute atomic E-state index is 0.0277. The molecule has 0 radical (unpaired) electrons. The van der Waals surface area contributed by atoms with Gasteiger partial charge in [-0.2, -0.15) is 0 Å². The second kappa shape index (κ2) is 6.66. The van der Waals surface area contributed by atoms with Gasteiger partial charge < -0.3 is 5.32 Å². The summed E-state index contributed by atoms with van der Waals surface area (Å²) >= 11 is 1.50. The molecule has 1 heterocycles. The number of rotatable bonds is 5. The fourth-order valence-electron chi connectivity index (χ4n) is 2.23. The van der Waals surface area contributed by atoms with Gasteiger partial charge in [-0.15, -0.1) is 11.3 Å². The van der Waals surface area contributed by atoms with E-state index in [4.69, 9.17) is 0 Å². The topological polar surface area (TPSA) is 42.0 Å². The van der Waals surface area contributed by atoms with Gasteiger partial charge in [0.1, 0.15) is 0 Å². The summed E-state index contributed by atoms with van der Waals surface area (Å²) in [5.41, 5.74) is 1.06. The molecule has 2 rings (SSSR count). The van der Waals surface area contributed by atoms with E-state index in [0.717, 1.165) is 16.9 Å². The second-order valence-corrected chi connectivity index (χ2v) is 6.27. The van der Waals surface area contributed by atoms with Gasteiger partial charge in [0.15, 0.2) is 5.13 Å². The summed E-state index contributed by atoms with van der Waals surface area (Å²) in [6.07, 6.45) is 2.74. The number of anilines is 1. The lowest BCUT2D eigenvalue weighted by Crippen LogP contribution is -2.26. The molecule has 20 heavy (non-hydrogen) atoms. The van der Waals surface area contributed by atoms with Crippen LogP contribution in [0.5, 0.6) is 0 Å². The fraction of sp³-hybridized carbons (Fsp3) is 0.375. The first-order valence-corrected chi connectivity index (χ1v) is 7.71. The van der Waals surface area contributed by atoms with Gasteiger partial charge in [0, 0.05) is 11.1 Å². The van der Waals surface area contributed by atoms with Crippen LogP contribution in [0, 0.1) is 12.8 Å². The standard InChI is InChI=1S/C16H20N2OS/c1-4-11(2)14(13-8-6-5-7-9-13)15(19)18-16-17-10-12(3)20-16/h5-11,14H,4H2,1-3H3,(H,17,18,19)/t11-,14-/m1/s1. The molecular weight excluding hydrogens is 268 g/mol. The number of aromatic nitrogens is 1. The van der Waals surface area contributed by atoms with E-state index in [1.807, 2.05) is 37.3 Å². The maximum absolute atomic E-state index is 12.6. The van der Waals surface area contributed by atoms with E-state index < -0.39 is 0 Å². The molecule has 0 unspecified atom stereocenters. The number of hydrogen-bond donors (Lipinski definition) is 1. The highest BCUT2D eigenvalue weighted by molar-refractivity contribution is 7.15. The van der Waals surface area contributed by atoms with E-state index in [1.54, 1.807) is 6.20 Å². The van der Waals surface area contributed by atoms with Crippen molar-refractivity contribution in [2.24, 2.45) is 5.92 Å². The number of carbonyl (C=O) groups is 1. The highest BCUT2D eigenvalue weighted by Crippen LogP contribution is 2.29. The van der Waals surface area contributed by atoms with Crippen molar-refractivity contribution >= 4 is 22.4 Å². The van der Waals surface area contributed by atoms with E-state index in [1.165, 1.54) is 11.3 Å². The second-order valence-electron chi connectivity index (χ2n) is 5.04. The van der Waals surface area contributed by atoms with Crippen LogP contribution in [-0.4, -0.2) is 10.9 Å². The Bertz CT molecular complexity index is 565. The van der Waals surface area contributed by atoms with Gasteiger partial charge in [0.25, 0.3) is 0 Å². The highest BCUT2D eigenvalue weighted by atomic mass is 32.1. The van der Waals surface area contributed by atoms with Gasteiger partial charge in [-0.25, -0.2) is 4.98 Å². The maximum Gasteiger partial charge on any atom is 0.233 e. The van der Waals surface area contributed by atoms with E-state index in [-0.39, 0.29) is 11.8 Å². The van der Waals surface area contributed by atoms with Crippen molar-refractivity contribution in [1.29, 1.82) is 0 Å². The summed E-state index contributed by atoms with van der Waals surface area (Å²) < 4.78 is 0. The zero-order valence-corrected chi connectivity index (χ0v) is 12.9. The molecule has 1 amide bonds. The van der Waals surface area contributed by atoms with E-state index in [2.05, 4.69) is 24.1 Å². The molecule has 3 nitrogen and oxygen atoms in total. The van der Waals surface area contributed by atoms with Gasteiger partial charge in [-0.3, -0.25) is 4.79 Å². The Labute approximate surface area is 124 Å². The Morgan fingerprint density at radius 1 is 1.35 bits per heavy atom. The van der Waals surface area contributed by atoms with E-state index in [9.17, 15) is 4.79 Å². The zero-order valence-electron chi connectivity index (χ0n) is 12.1. The molecule has 4 heteroatoms. The molecule has 0 bridgehead atoms. The Balaban J connectivity index is 2.20. The summed E-state index contributed by atoms with van der Waals surface area (Å²) in [4.78, 5) is 17.9. The number of aryl methyl sites for hydroxylation is 1. The molecule has 0 aliphatic carbocycles. The molecule has 0 aliphatic heterocycles. The molecule has 0 aliphatic rings. The van der Waals surface area contributed by atoms with Crippen molar-refractivity contribution in [1.82, 2.24) is 4.98 Å². The monoisotopic (exact) mass is 288 g/mol. The van der Waals surface area contributed by atoms with E-state index >= 15 is 0 Å². The summed E-state index contributed by atoms with van der Waals surface area (Å²) in [6, 6.07) is 9.96. The molecule has 0 spiro atoms. The number of nitrogens with zero attached hydrogens (tertiary/aromatic N) is 1. The third-order valence-electron chi connectivity index (χ3n) is 3.51. The highest BCUT2D eigenvalue weighted by Gasteiger charge is 2.26. The number of thiazole rings is 1. The minimum Gasteiger partial charge on any atom is -0.301 e. The largest absolute Gasteiger partial charge is 0.301 e. The number of benzene rings is 1. The van der Waals surface area contributed by atoms with Crippen molar-refractivity contribution < 1.29 is 4.79 Å². The van der Waals surface area contributed by atoms with Crippen LogP contribution in [-0.2, 0) is 4.79 Å².